The summed E-state index contributed by atoms with van der Waals surface area (Å²) in [6.07, 6.45) is -3.23. The van der Waals surface area contributed by atoms with Crippen molar-refractivity contribution >= 4 is 34.9 Å². The summed E-state index contributed by atoms with van der Waals surface area (Å²) in [6.45, 7) is -0.286. The number of hydrogen-bond acceptors (Lipinski definition) is 4. The molecule has 0 aliphatic rings. The zero-order chi connectivity index (χ0) is 23.5. The number of carbonyl (C=O) groups excluding carboxylic acids is 3. The lowest BCUT2D eigenvalue weighted by molar-refractivity contribution is -0.119. The number of amides is 2. The van der Waals surface area contributed by atoms with Gasteiger partial charge in [0.05, 0.1) is 16.8 Å². The first-order chi connectivity index (χ1) is 14.5. The minimum Gasteiger partial charge on any atom is -0.338 e. The molecule has 0 aliphatic heterocycles. The van der Waals surface area contributed by atoms with Gasteiger partial charge in [0.1, 0.15) is 29.8 Å². The largest absolute Gasteiger partial charge is 0.338 e. The van der Waals surface area contributed by atoms with E-state index >= 15 is 0 Å². The van der Waals surface area contributed by atoms with E-state index < -0.39 is 42.6 Å². The lowest BCUT2D eigenvalue weighted by Gasteiger charge is -2.14. The molecule has 0 bridgehead atoms. The number of ketones is 1. The number of benzene rings is 1. The van der Waals surface area contributed by atoms with Gasteiger partial charge in [-0.3, -0.25) is 14.4 Å². The van der Waals surface area contributed by atoms with Crippen molar-refractivity contribution in [1.29, 1.82) is 5.26 Å². The molecule has 12 heteroatoms. The summed E-state index contributed by atoms with van der Waals surface area (Å²) in [5.41, 5.74) is -0.865. The monoisotopic (exact) mass is 458 g/mol. The Hall–Kier alpha value is -3.39. The van der Waals surface area contributed by atoms with Crippen LogP contribution in [0.25, 0.3) is 0 Å². The smallest absolute Gasteiger partial charge is 0.294 e. The van der Waals surface area contributed by atoms with E-state index in [2.05, 4.69) is 5.32 Å². The van der Waals surface area contributed by atoms with Gasteiger partial charge in [-0.05, 0) is 30.7 Å². The molecule has 2 N–H and O–H groups in total. The predicted octanol–water partition coefficient (Wildman–Crippen LogP) is 3.15. The summed E-state index contributed by atoms with van der Waals surface area (Å²) in [5.74, 6) is -4.41. The number of rotatable bonds is 7. The SMILES string of the molecule is Cc1c(C(=O)Nc2ccc(F)c(C#N)c2)c(Cl)n(C)c1C(=O)C(=O)NC(CF)C(F)F. The highest BCUT2D eigenvalue weighted by Gasteiger charge is 2.32. The Labute approximate surface area is 178 Å². The molecule has 0 fully saturated rings. The van der Waals surface area contributed by atoms with Crippen LogP contribution in [-0.4, -0.2) is 41.3 Å². The molecule has 0 spiro atoms. The molecule has 1 heterocycles. The predicted molar refractivity (Wildman–Crippen MR) is 102 cm³/mol. The molecule has 1 aromatic heterocycles. The maximum atomic E-state index is 13.4. The molecule has 1 unspecified atom stereocenters. The summed E-state index contributed by atoms with van der Waals surface area (Å²) >= 11 is 6.12. The molecule has 0 saturated heterocycles. The molecular formula is C19H15ClF4N4O3. The van der Waals surface area contributed by atoms with E-state index in [1.807, 2.05) is 0 Å². The van der Waals surface area contributed by atoms with E-state index in [-0.39, 0.29) is 33.2 Å². The first-order valence-corrected chi connectivity index (χ1v) is 8.96. The van der Waals surface area contributed by atoms with Gasteiger partial charge in [0.15, 0.2) is 0 Å². The number of hydrogen-bond donors (Lipinski definition) is 2. The summed E-state index contributed by atoms with van der Waals surface area (Å²) in [4.78, 5) is 37.1. The normalized spacial score (nSPS) is 11.7. The Morgan fingerprint density at radius 2 is 1.94 bits per heavy atom. The Morgan fingerprint density at radius 1 is 1.29 bits per heavy atom. The Kier molecular flexibility index (Phi) is 7.41. The van der Waals surface area contributed by atoms with Crippen molar-refractivity contribution in [2.75, 3.05) is 12.0 Å². The maximum Gasteiger partial charge on any atom is 0.294 e. The van der Waals surface area contributed by atoms with Gasteiger partial charge in [0.2, 0.25) is 0 Å². The molecule has 164 valence electrons. The summed E-state index contributed by atoms with van der Waals surface area (Å²) in [6, 6.07) is 2.70. The van der Waals surface area contributed by atoms with E-state index in [4.69, 9.17) is 16.9 Å². The Balaban J connectivity index is 2.35. The second kappa shape index (κ2) is 9.61. The van der Waals surface area contributed by atoms with Crippen LogP contribution in [0.5, 0.6) is 0 Å². The molecule has 1 aromatic carbocycles. The van der Waals surface area contributed by atoms with Crippen molar-refractivity contribution in [3.05, 3.63) is 51.6 Å². The number of carbonyl (C=O) groups is 3. The van der Waals surface area contributed by atoms with Crippen LogP contribution in [0.3, 0.4) is 0 Å². The van der Waals surface area contributed by atoms with Crippen LogP contribution in [0.1, 0.15) is 32.0 Å². The minimum absolute atomic E-state index is 0.0402. The number of alkyl halides is 3. The fourth-order valence-electron chi connectivity index (χ4n) is 2.77. The molecule has 31 heavy (non-hydrogen) atoms. The van der Waals surface area contributed by atoms with Gasteiger partial charge in [-0.2, -0.15) is 5.26 Å². The third-order valence-electron chi connectivity index (χ3n) is 4.35. The van der Waals surface area contributed by atoms with Crippen molar-refractivity contribution in [3.63, 3.8) is 0 Å². The molecular weight excluding hydrogens is 444 g/mol. The van der Waals surface area contributed by atoms with Crippen LogP contribution in [-0.2, 0) is 11.8 Å². The lowest BCUT2D eigenvalue weighted by Crippen LogP contribution is -2.45. The minimum atomic E-state index is -3.23. The van der Waals surface area contributed by atoms with Crippen molar-refractivity contribution < 1.29 is 31.9 Å². The number of nitriles is 1. The van der Waals surface area contributed by atoms with Crippen LogP contribution in [0.2, 0.25) is 5.15 Å². The highest BCUT2D eigenvalue weighted by molar-refractivity contribution is 6.44. The summed E-state index contributed by atoms with van der Waals surface area (Å²) in [7, 11) is 1.26. The number of Topliss-reactive ketones (excluding diaryl/α,β-unsaturated/α-hetero) is 1. The third kappa shape index (κ3) is 4.86. The molecule has 0 saturated carbocycles. The van der Waals surface area contributed by atoms with Crippen molar-refractivity contribution in [2.45, 2.75) is 19.4 Å². The topological polar surface area (TPSA) is 104 Å². The van der Waals surface area contributed by atoms with Gasteiger partial charge in [-0.15, -0.1) is 0 Å². The van der Waals surface area contributed by atoms with Crippen molar-refractivity contribution in [1.82, 2.24) is 9.88 Å². The number of halogens is 5. The number of nitrogens with one attached hydrogen (secondary N) is 2. The van der Waals surface area contributed by atoms with Crippen LogP contribution in [0.15, 0.2) is 18.2 Å². The van der Waals surface area contributed by atoms with Gasteiger partial charge in [0, 0.05) is 12.7 Å². The second-order valence-corrected chi connectivity index (χ2v) is 6.71. The maximum absolute atomic E-state index is 13.4. The van der Waals surface area contributed by atoms with Crippen LogP contribution >= 0.6 is 11.6 Å². The Morgan fingerprint density at radius 3 is 2.48 bits per heavy atom. The second-order valence-electron chi connectivity index (χ2n) is 6.36. The van der Waals surface area contributed by atoms with E-state index in [0.29, 0.717) is 0 Å². The lowest BCUT2D eigenvalue weighted by atomic mass is 10.1. The average Bonchev–Trinajstić information content (AvgIpc) is 2.94. The van der Waals surface area contributed by atoms with Gasteiger partial charge in [-0.25, -0.2) is 17.6 Å². The molecule has 0 radical (unpaired) electrons. The van der Waals surface area contributed by atoms with Crippen LogP contribution < -0.4 is 10.6 Å². The number of aromatic nitrogens is 1. The molecule has 2 rings (SSSR count). The van der Waals surface area contributed by atoms with E-state index in [0.717, 1.165) is 16.7 Å². The third-order valence-corrected chi connectivity index (χ3v) is 4.79. The molecule has 1 atom stereocenters. The fraction of sp³-hybridized carbons (Fsp3) is 0.263. The van der Waals surface area contributed by atoms with E-state index in [9.17, 15) is 31.9 Å². The Bertz CT molecular complexity index is 1090. The van der Waals surface area contributed by atoms with Crippen molar-refractivity contribution in [3.8, 4) is 6.07 Å². The highest BCUT2D eigenvalue weighted by atomic mass is 35.5. The molecule has 0 aliphatic carbocycles. The number of anilines is 1. The standard InChI is InChI=1S/C19H15ClF4N4O3/c1-8-13(18(30)26-10-3-4-11(22)9(5-10)7-25)16(20)28(2)14(8)15(29)19(31)27-12(6-21)17(23)24/h3-5,12,17H,6H2,1-2H3,(H,26,30)(H,27,31). The molecule has 2 aromatic rings. The summed E-state index contributed by atoms with van der Waals surface area (Å²) < 4.78 is 52.4. The van der Waals surface area contributed by atoms with Crippen molar-refractivity contribution in [2.24, 2.45) is 7.05 Å². The van der Waals surface area contributed by atoms with Crippen LogP contribution in [0, 0.1) is 24.1 Å². The highest BCUT2D eigenvalue weighted by Crippen LogP contribution is 2.28. The van der Waals surface area contributed by atoms with Gasteiger partial charge < -0.3 is 15.2 Å². The van der Waals surface area contributed by atoms with E-state index in [1.54, 1.807) is 11.4 Å². The zero-order valence-electron chi connectivity index (χ0n) is 16.1. The zero-order valence-corrected chi connectivity index (χ0v) is 16.9. The van der Waals surface area contributed by atoms with E-state index in [1.165, 1.54) is 20.0 Å². The first-order valence-electron chi connectivity index (χ1n) is 8.58. The number of nitrogens with zero attached hydrogens (tertiary/aromatic N) is 2. The molecule has 7 nitrogen and oxygen atoms in total. The summed E-state index contributed by atoms with van der Waals surface area (Å²) in [5, 5.41) is 12.6. The van der Waals surface area contributed by atoms with Gasteiger partial charge in [-0.1, -0.05) is 11.6 Å². The van der Waals surface area contributed by atoms with Gasteiger partial charge >= 0.3 is 0 Å². The first kappa shape index (κ1) is 23.9. The average molecular weight is 459 g/mol. The quantitative estimate of drug-likeness (QED) is 0.378. The van der Waals surface area contributed by atoms with Gasteiger partial charge in [0.25, 0.3) is 24.0 Å². The fourth-order valence-corrected chi connectivity index (χ4v) is 3.08. The molecule has 2 amide bonds. The van der Waals surface area contributed by atoms with Crippen LogP contribution in [0.4, 0.5) is 23.2 Å².